The number of hydrogen-bond acceptors (Lipinski definition) is 7. The average molecular weight is 487 g/mol. The molecule has 1 aromatic heterocycles. The molecule has 0 radical (unpaired) electrons. The first-order valence-corrected chi connectivity index (χ1v) is 13.2. The van der Waals surface area contributed by atoms with Crippen molar-refractivity contribution in [2.24, 2.45) is 0 Å². The minimum Gasteiger partial charge on any atom is -0.611 e. The molecule has 10 heteroatoms. The van der Waals surface area contributed by atoms with Crippen molar-refractivity contribution in [3.05, 3.63) is 35.0 Å². The van der Waals surface area contributed by atoms with E-state index >= 15 is 0 Å². The molecule has 3 fully saturated rings. The van der Waals surface area contributed by atoms with Gasteiger partial charge in [-0.1, -0.05) is 11.6 Å². The number of aryl methyl sites for hydroxylation is 1. The maximum absolute atomic E-state index is 12.7. The van der Waals surface area contributed by atoms with Gasteiger partial charge in [-0.3, -0.25) is 4.79 Å². The van der Waals surface area contributed by atoms with Gasteiger partial charge in [-0.15, -0.1) is 0 Å². The summed E-state index contributed by atoms with van der Waals surface area (Å²) in [6, 6.07) is 8.92. The third-order valence-electron chi connectivity index (χ3n) is 7.30. The largest absolute Gasteiger partial charge is 0.611 e. The number of halogens is 1. The van der Waals surface area contributed by atoms with Gasteiger partial charge < -0.3 is 24.6 Å². The average Bonchev–Trinajstić information content (AvgIpc) is 3.51. The molecule has 2 bridgehead atoms. The molecule has 33 heavy (non-hydrogen) atoms. The van der Waals surface area contributed by atoms with Gasteiger partial charge >= 0.3 is 0 Å². The van der Waals surface area contributed by atoms with E-state index in [0.29, 0.717) is 43.0 Å². The fourth-order valence-electron chi connectivity index (χ4n) is 5.59. The number of likely N-dealkylation sites (N-methyl/N-ethyl adjacent to an activating group) is 1. The number of amides is 1. The summed E-state index contributed by atoms with van der Waals surface area (Å²) in [6.45, 7) is 2.43. The first-order chi connectivity index (χ1) is 16.0. The van der Waals surface area contributed by atoms with Crippen LogP contribution in [0.2, 0.25) is 5.02 Å². The van der Waals surface area contributed by atoms with Gasteiger partial charge in [0.2, 0.25) is 16.8 Å². The number of fused-ring (bicyclic) bond motifs is 3. The number of carbonyl (C=O) groups excluding carboxylic acids is 1. The second-order valence-electron chi connectivity index (χ2n) is 9.43. The zero-order chi connectivity index (χ0) is 22.7. The molecule has 0 aliphatic carbocycles. The number of benzene rings is 1. The second kappa shape index (κ2) is 8.21. The summed E-state index contributed by atoms with van der Waals surface area (Å²) in [5.74, 6) is 2.19. The molecular weight excluding hydrogens is 460 g/mol. The molecule has 3 unspecified atom stereocenters. The lowest BCUT2D eigenvalue weighted by molar-refractivity contribution is -0.132. The summed E-state index contributed by atoms with van der Waals surface area (Å²) in [4.78, 5) is 29.0. The first kappa shape index (κ1) is 21.3. The maximum Gasteiger partial charge on any atom is 0.228 e. The number of nitrogens with zero attached hydrogens (tertiary/aromatic N) is 5. The number of likely N-dealkylation sites (tertiary alicyclic amines) is 1. The summed E-state index contributed by atoms with van der Waals surface area (Å²) in [5.41, 5.74) is 2.11. The fourth-order valence-corrected chi connectivity index (χ4v) is 7.03. The van der Waals surface area contributed by atoms with E-state index in [-0.39, 0.29) is 11.9 Å². The topological polar surface area (TPSA) is 87.7 Å². The van der Waals surface area contributed by atoms with E-state index in [9.17, 15) is 9.35 Å². The minimum atomic E-state index is -1.08. The van der Waals surface area contributed by atoms with E-state index in [1.807, 2.05) is 19.2 Å². The van der Waals surface area contributed by atoms with Gasteiger partial charge in [0.15, 0.2) is 5.82 Å². The summed E-state index contributed by atoms with van der Waals surface area (Å²) in [7, 11) is 1.83. The van der Waals surface area contributed by atoms with E-state index in [4.69, 9.17) is 21.6 Å². The van der Waals surface area contributed by atoms with Crippen molar-refractivity contribution < 1.29 is 9.35 Å². The van der Waals surface area contributed by atoms with E-state index < -0.39 is 11.2 Å². The lowest BCUT2D eigenvalue weighted by atomic mass is 10.1. The Morgan fingerprint density at radius 2 is 1.85 bits per heavy atom. The van der Waals surface area contributed by atoms with Crippen molar-refractivity contribution in [2.45, 2.75) is 48.7 Å². The monoisotopic (exact) mass is 486 g/mol. The number of aromatic nitrogens is 2. The molecule has 5 heterocycles. The Bertz CT molecular complexity index is 1090. The summed E-state index contributed by atoms with van der Waals surface area (Å²) in [6.07, 6.45) is 3.07. The van der Waals surface area contributed by atoms with Crippen molar-refractivity contribution in [3.8, 4) is 0 Å². The second-order valence-corrected chi connectivity index (χ2v) is 11.4. The van der Waals surface area contributed by atoms with Crippen LogP contribution < -0.4 is 15.1 Å². The van der Waals surface area contributed by atoms with Crippen LogP contribution in [-0.2, 0) is 22.4 Å². The molecule has 4 atom stereocenters. The van der Waals surface area contributed by atoms with E-state index in [1.54, 1.807) is 4.90 Å². The number of piperidine rings is 1. The Morgan fingerprint density at radius 1 is 1.09 bits per heavy atom. The number of hydrogen-bond donors (Lipinski definition) is 1. The fraction of sp³-hybridized carbons (Fsp3) is 0.522. The van der Waals surface area contributed by atoms with E-state index in [2.05, 4.69) is 27.2 Å². The Morgan fingerprint density at radius 3 is 2.58 bits per heavy atom. The summed E-state index contributed by atoms with van der Waals surface area (Å²) < 4.78 is 12.7. The van der Waals surface area contributed by atoms with Crippen molar-refractivity contribution in [1.82, 2.24) is 14.9 Å². The molecule has 0 saturated carbocycles. The van der Waals surface area contributed by atoms with Crippen LogP contribution in [-0.4, -0.2) is 75.9 Å². The molecule has 174 valence electrons. The van der Waals surface area contributed by atoms with Crippen molar-refractivity contribution in [2.75, 3.05) is 47.6 Å². The Labute approximate surface area is 201 Å². The minimum absolute atomic E-state index is 0.104. The number of rotatable bonds is 4. The van der Waals surface area contributed by atoms with Gasteiger partial charge in [-0.2, -0.15) is 4.98 Å². The highest BCUT2D eigenvalue weighted by Gasteiger charge is 2.45. The Hall–Kier alpha value is -2.23. The van der Waals surface area contributed by atoms with Gasteiger partial charge in [-0.05, 0) is 48.3 Å². The third kappa shape index (κ3) is 3.80. The zero-order valence-corrected chi connectivity index (χ0v) is 20.1. The molecule has 4 aliphatic rings. The van der Waals surface area contributed by atoms with Crippen LogP contribution in [0, 0.1) is 0 Å². The number of nitrogens with one attached hydrogen (secondary N) is 1. The van der Waals surface area contributed by atoms with Crippen LogP contribution in [0.4, 0.5) is 17.5 Å². The van der Waals surface area contributed by atoms with Crippen molar-refractivity contribution in [3.63, 3.8) is 0 Å². The van der Waals surface area contributed by atoms with Crippen LogP contribution in [0.25, 0.3) is 0 Å². The van der Waals surface area contributed by atoms with Crippen LogP contribution in [0.1, 0.15) is 25.0 Å². The van der Waals surface area contributed by atoms with E-state index in [1.165, 1.54) is 5.69 Å². The first-order valence-electron chi connectivity index (χ1n) is 11.5. The number of anilines is 3. The Balaban J connectivity index is 1.24. The summed E-state index contributed by atoms with van der Waals surface area (Å²) >= 11 is 4.99. The molecule has 1 N–H and O–H groups in total. The quantitative estimate of drug-likeness (QED) is 0.663. The van der Waals surface area contributed by atoms with Gasteiger partial charge in [-0.25, -0.2) is 4.98 Å². The molecular formula is C23H27ClN6O2S. The Kier molecular flexibility index (Phi) is 5.31. The smallest absolute Gasteiger partial charge is 0.228 e. The third-order valence-corrected chi connectivity index (χ3v) is 9.01. The molecule has 1 aromatic carbocycles. The number of carbonyl (C=O) groups is 1. The molecule has 0 spiro atoms. The predicted octanol–water partition coefficient (Wildman–Crippen LogP) is 2.29. The highest BCUT2D eigenvalue weighted by molar-refractivity contribution is 7.91. The van der Waals surface area contributed by atoms with Crippen LogP contribution in [0.15, 0.2) is 29.2 Å². The van der Waals surface area contributed by atoms with E-state index in [0.717, 1.165) is 47.5 Å². The lowest BCUT2D eigenvalue weighted by Crippen LogP contribution is -2.47. The highest BCUT2D eigenvalue weighted by Crippen LogP contribution is 2.39. The molecule has 8 nitrogen and oxygen atoms in total. The number of piperazine rings is 1. The SMILES string of the molecule is CN1CC(Nc2nc(N3CC4C[C@H]3CN4c3ccc(Cl)cc3)nc3c2[S+]([O-])CC3)CCC1=O. The zero-order valence-electron chi connectivity index (χ0n) is 18.5. The molecule has 1 amide bonds. The van der Waals surface area contributed by atoms with Gasteiger partial charge in [0.25, 0.3) is 0 Å². The van der Waals surface area contributed by atoms with Crippen molar-refractivity contribution >= 4 is 46.1 Å². The van der Waals surface area contributed by atoms with Gasteiger partial charge in [0.05, 0.1) is 6.04 Å². The molecule has 2 aromatic rings. The van der Waals surface area contributed by atoms with Crippen molar-refractivity contribution in [1.29, 1.82) is 0 Å². The van der Waals surface area contributed by atoms with Crippen LogP contribution >= 0.6 is 11.6 Å². The molecule has 6 rings (SSSR count). The van der Waals surface area contributed by atoms with Crippen LogP contribution in [0.5, 0.6) is 0 Å². The highest BCUT2D eigenvalue weighted by atomic mass is 35.5. The van der Waals surface area contributed by atoms with Crippen LogP contribution in [0.3, 0.4) is 0 Å². The molecule has 3 saturated heterocycles. The lowest BCUT2D eigenvalue weighted by Gasteiger charge is -2.36. The predicted molar refractivity (Wildman–Crippen MR) is 130 cm³/mol. The normalized spacial score (nSPS) is 28.6. The standard InChI is InChI=1S/C23H27ClN6O2S/c1-28-11-15(4-7-20(28)31)25-22-21-19(8-9-33(21)32)26-23(27-22)30-13-17-10-18(30)12-29(17)16-5-2-14(24)3-6-16/h2-3,5-6,15,17-18H,4,7-13H2,1H3,(H,25,26,27)/t15?,17?,18-,33?/m0/s1. The van der Waals surface area contributed by atoms with Gasteiger partial charge in [0.1, 0.15) is 11.4 Å². The van der Waals surface area contributed by atoms with Gasteiger partial charge in [0, 0.05) is 62.3 Å². The summed E-state index contributed by atoms with van der Waals surface area (Å²) in [5, 5.41) is 4.27. The maximum atomic E-state index is 12.7. The molecule has 4 aliphatic heterocycles.